The van der Waals surface area contributed by atoms with Gasteiger partial charge in [0.05, 0.1) is 19.1 Å². The van der Waals surface area contributed by atoms with Crippen LogP contribution < -0.4 is 5.32 Å². The number of benzene rings is 1. The van der Waals surface area contributed by atoms with Crippen molar-refractivity contribution in [1.82, 2.24) is 5.32 Å². The van der Waals surface area contributed by atoms with Crippen LogP contribution in [0.3, 0.4) is 0 Å². The van der Waals surface area contributed by atoms with Gasteiger partial charge in [-0.25, -0.2) is 0 Å². The summed E-state index contributed by atoms with van der Waals surface area (Å²) in [7, 11) is 0. The Labute approximate surface area is 119 Å². The Morgan fingerprint density at radius 3 is 2.58 bits per heavy atom. The third-order valence-electron chi connectivity index (χ3n) is 2.54. The van der Waals surface area contributed by atoms with Gasteiger partial charge in [0, 0.05) is 11.0 Å². The van der Waals surface area contributed by atoms with Crippen molar-refractivity contribution in [2.75, 3.05) is 19.7 Å². The predicted octanol–water partition coefficient (Wildman–Crippen LogP) is 4.07. The molecule has 0 spiro atoms. The first-order valence-corrected chi connectivity index (χ1v) is 6.87. The zero-order valence-electron chi connectivity index (χ0n) is 10.6. The van der Waals surface area contributed by atoms with Crippen molar-refractivity contribution < 1.29 is 17.9 Å². The summed E-state index contributed by atoms with van der Waals surface area (Å²) in [6.07, 6.45) is -5.51. The minimum atomic E-state index is -4.18. The normalized spacial score (nSPS) is 13.5. The summed E-state index contributed by atoms with van der Waals surface area (Å²) in [5, 5.41) is 3.09. The van der Waals surface area contributed by atoms with Gasteiger partial charge in [-0.1, -0.05) is 41.1 Å². The molecule has 0 amide bonds. The molecule has 1 N–H and O–H groups in total. The molecular weight excluding hydrogens is 323 g/mol. The molecule has 1 aromatic rings. The Morgan fingerprint density at radius 2 is 2.00 bits per heavy atom. The maximum absolute atomic E-state index is 12.1. The molecule has 0 bridgehead atoms. The van der Waals surface area contributed by atoms with Gasteiger partial charge in [0.1, 0.15) is 0 Å². The van der Waals surface area contributed by atoms with E-state index in [2.05, 4.69) is 21.2 Å². The summed E-state index contributed by atoms with van der Waals surface area (Å²) in [5.41, 5.74) is 0.852. The van der Waals surface area contributed by atoms with Gasteiger partial charge in [-0.3, -0.25) is 0 Å². The maximum atomic E-state index is 12.1. The lowest BCUT2D eigenvalue weighted by atomic mass is 10.1. The minimum Gasteiger partial charge on any atom is -0.372 e. The molecule has 0 fully saturated rings. The van der Waals surface area contributed by atoms with Crippen LogP contribution >= 0.6 is 15.9 Å². The highest BCUT2D eigenvalue weighted by Crippen LogP contribution is 2.27. The van der Waals surface area contributed by atoms with Crippen molar-refractivity contribution in [3.63, 3.8) is 0 Å². The molecule has 0 aromatic heterocycles. The Morgan fingerprint density at radius 1 is 1.32 bits per heavy atom. The summed E-state index contributed by atoms with van der Waals surface area (Å²) in [6, 6.07) is 7.39. The zero-order valence-corrected chi connectivity index (χ0v) is 12.2. The van der Waals surface area contributed by atoms with E-state index in [-0.39, 0.29) is 6.61 Å². The quantitative estimate of drug-likeness (QED) is 0.808. The Bertz CT molecular complexity index is 384. The first kappa shape index (κ1) is 16.5. The van der Waals surface area contributed by atoms with Crippen LogP contribution in [0.25, 0.3) is 0 Å². The number of hydrogen-bond acceptors (Lipinski definition) is 2. The lowest BCUT2D eigenvalue weighted by molar-refractivity contribution is -0.149. The van der Waals surface area contributed by atoms with E-state index < -0.39 is 18.7 Å². The molecule has 0 saturated heterocycles. The standard InChI is InChI=1S/C13H17BrF3NO/c1-2-18-9-12(19-8-7-13(15,16)17)10-5-3-4-6-11(10)14/h3-6,12,18H,2,7-9H2,1H3. The van der Waals surface area contributed by atoms with Crippen molar-refractivity contribution in [3.8, 4) is 0 Å². The molecule has 0 aliphatic rings. The van der Waals surface area contributed by atoms with E-state index >= 15 is 0 Å². The first-order valence-electron chi connectivity index (χ1n) is 6.07. The highest BCUT2D eigenvalue weighted by Gasteiger charge is 2.27. The second-order valence-electron chi connectivity index (χ2n) is 4.05. The largest absolute Gasteiger partial charge is 0.391 e. The number of alkyl halides is 3. The number of ether oxygens (including phenoxy) is 1. The average Bonchev–Trinajstić information content (AvgIpc) is 2.33. The minimum absolute atomic E-state index is 0.332. The Hall–Kier alpha value is -0.590. The highest BCUT2D eigenvalue weighted by atomic mass is 79.9. The lowest BCUT2D eigenvalue weighted by Crippen LogP contribution is -2.24. The van der Waals surface area contributed by atoms with Crippen molar-refractivity contribution in [1.29, 1.82) is 0 Å². The number of rotatable bonds is 7. The van der Waals surface area contributed by atoms with Crippen LogP contribution in [0.4, 0.5) is 13.2 Å². The van der Waals surface area contributed by atoms with Gasteiger partial charge in [0.15, 0.2) is 0 Å². The molecule has 108 valence electrons. The van der Waals surface area contributed by atoms with Crippen molar-refractivity contribution in [2.24, 2.45) is 0 Å². The smallest absolute Gasteiger partial charge is 0.372 e. The fraction of sp³-hybridized carbons (Fsp3) is 0.538. The number of nitrogens with one attached hydrogen (secondary N) is 1. The van der Waals surface area contributed by atoms with E-state index in [1.807, 2.05) is 31.2 Å². The number of hydrogen-bond donors (Lipinski definition) is 1. The van der Waals surface area contributed by atoms with Crippen molar-refractivity contribution in [3.05, 3.63) is 34.3 Å². The molecule has 19 heavy (non-hydrogen) atoms. The molecule has 6 heteroatoms. The molecule has 2 nitrogen and oxygen atoms in total. The van der Waals surface area contributed by atoms with Crippen molar-refractivity contribution >= 4 is 15.9 Å². The molecule has 1 atom stereocenters. The Kier molecular flexibility index (Phi) is 6.82. The van der Waals surface area contributed by atoms with Gasteiger partial charge in [-0.15, -0.1) is 0 Å². The molecule has 0 aliphatic heterocycles. The van der Waals surface area contributed by atoms with E-state index in [0.29, 0.717) is 6.54 Å². The van der Waals surface area contributed by atoms with E-state index in [9.17, 15) is 13.2 Å². The SMILES string of the molecule is CCNCC(OCCC(F)(F)F)c1ccccc1Br. The fourth-order valence-corrected chi connectivity index (χ4v) is 2.13. The summed E-state index contributed by atoms with van der Waals surface area (Å²) < 4.78 is 42.6. The van der Waals surface area contributed by atoms with Gasteiger partial charge >= 0.3 is 6.18 Å². The van der Waals surface area contributed by atoms with E-state index in [0.717, 1.165) is 16.6 Å². The predicted molar refractivity (Wildman–Crippen MR) is 72.1 cm³/mol. The highest BCUT2D eigenvalue weighted by molar-refractivity contribution is 9.10. The summed E-state index contributed by atoms with van der Waals surface area (Å²) >= 11 is 3.39. The van der Waals surface area contributed by atoms with Crippen LogP contribution in [0.2, 0.25) is 0 Å². The van der Waals surface area contributed by atoms with Crippen LogP contribution in [-0.4, -0.2) is 25.9 Å². The third kappa shape index (κ3) is 6.40. The van der Waals surface area contributed by atoms with E-state index in [1.54, 1.807) is 0 Å². The molecule has 1 unspecified atom stereocenters. The van der Waals surface area contributed by atoms with Gasteiger partial charge in [-0.2, -0.15) is 13.2 Å². The van der Waals surface area contributed by atoms with Gasteiger partial charge < -0.3 is 10.1 Å². The molecule has 1 rings (SSSR count). The lowest BCUT2D eigenvalue weighted by Gasteiger charge is -2.20. The number of halogens is 4. The third-order valence-corrected chi connectivity index (χ3v) is 3.26. The van der Waals surface area contributed by atoms with Crippen LogP contribution in [0, 0.1) is 0 Å². The van der Waals surface area contributed by atoms with Gasteiger partial charge in [0.25, 0.3) is 0 Å². The number of likely N-dealkylation sites (N-methyl/N-ethyl adjacent to an activating group) is 1. The van der Waals surface area contributed by atoms with Gasteiger partial charge in [-0.05, 0) is 18.2 Å². The summed E-state index contributed by atoms with van der Waals surface area (Å²) in [6.45, 7) is 2.83. The maximum Gasteiger partial charge on any atom is 0.391 e. The second kappa shape index (κ2) is 7.87. The van der Waals surface area contributed by atoms with Crippen LogP contribution in [0.1, 0.15) is 25.0 Å². The zero-order chi connectivity index (χ0) is 14.3. The molecule has 0 saturated carbocycles. The van der Waals surface area contributed by atoms with Crippen LogP contribution in [0.15, 0.2) is 28.7 Å². The van der Waals surface area contributed by atoms with Crippen LogP contribution in [0.5, 0.6) is 0 Å². The summed E-state index contributed by atoms with van der Waals surface area (Å²) in [5.74, 6) is 0. The molecular formula is C13H17BrF3NO. The molecule has 0 aliphatic carbocycles. The summed E-state index contributed by atoms with van der Waals surface area (Å²) in [4.78, 5) is 0. The molecule has 1 aromatic carbocycles. The van der Waals surface area contributed by atoms with E-state index in [4.69, 9.17) is 4.74 Å². The van der Waals surface area contributed by atoms with Crippen LogP contribution in [-0.2, 0) is 4.74 Å². The Balaban J connectivity index is 2.64. The monoisotopic (exact) mass is 339 g/mol. The topological polar surface area (TPSA) is 21.3 Å². The van der Waals surface area contributed by atoms with Gasteiger partial charge in [0.2, 0.25) is 0 Å². The molecule has 0 heterocycles. The van der Waals surface area contributed by atoms with Crippen molar-refractivity contribution in [2.45, 2.75) is 25.6 Å². The van der Waals surface area contributed by atoms with E-state index in [1.165, 1.54) is 0 Å². The second-order valence-corrected chi connectivity index (χ2v) is 4.91. The fourth-order valence-electron chi connectivity index (χ4n) is 1.59. The average molecular weight is 340 g/mol. The molecule has 0 radical (unpaired) electrons. The first-order chi connectivity index (χ1) is 8.94.